The zero-order chi connectivity index (χ0) is 22.8. The number of aromatic hydroxyl groups is 1. The van der Waals surface area contributed by atoms with E-state index in [1.807, 2.05) is 30.3 Å². The molecule has 0 saturated heterocycles. The summed E-state index contributed by atoms with van der Waals surface area (Å²) in [6.07, 6.45) is 0. The van der Waals surface area contributed by atoms with Crippen molar-refractivity contribution in [1.29, 1.82) is 0 Å². The van der Waals surface area contributed by atoms with Crippen molar-refractivity contribution in [2.75, 3.05) is 19.1 Å². The van der Waals surface area contributed by atoms with Crippen LogP contribution in [0.2, 0.25) is 0 Å². The molecule has 7 heteroatoms. The highest BCUT2D eigenvalue weighted by molar-refractivity contribution is 6.11. The lowest BCUT2D eigenvalue weighted by atomic mass is 10.1. The number of methoxy groups -OCH3 is 1. The van der Waals surface area contributed by atoms with E-state index in [1.165, 1.54) is 23.6 Å². The predicted molar refractivity (Wildman–Crippen MR) is 123 cm³/mol. The summed E-state index contributed by atoms with van der Waals surface area (Å²) in [6, 6.07) is 21.3. The van der Waals surface area contributed by atoms with E-state index in [-0.39, 0.29) is 5.56 Å². The molecule has 0 spiro atoms. The van der Waals surface area contributed by atoms with Gasteiger partial charge in [0.15, 0.2) is 0 Å². The molecule has 4 aromatic rings. The van der Waals surface area contributed by atoms with Crippen molar-refractivity contribution in [3.8, 4) is 23.0 Å². The van der Waals surface area contributed by atoms with Gasteiger partial charge in [0, 0.05) is 25.8 Å². The Morgan fingerprint density at radius 2 is 1.66 bits per heavy atom. The Hall–Kier alpha value is -4.26. The van der Waals surface area contributed by atoms with Crippen LogP contribution in [0.1, 0.15) is 10.4 Å². The molecule has 1 N–H and O–H groups in total. The largest absolute Gasteiger partial charge is 0.506 e. The van der Waals surface area contributed by atoms with Crippen LogP contribution in [-0.2, 0) is 7.05 Å². The highest BCUT2D eigenvalue weighted by atomic mass is 16.5. The summed E-state index contributed by atoms with van der Waals surface area (Å²) in [5, 5.41) is 11.2. The van der Waals surface area contributed by atoms with E-state index in [4.69, 9.17) is 9.47 Å². The monoisotopic (exact) mass is 430 g/mol. The Balaban J connectivity index is 1.75. The van der Waals surface area contributed by atoms with Crippen molar-refractivity contribution in [1.82, 2.24) is 4.57 Å². The summed E-state index contributed by atoms with van der Waals surface area (Å²) >= 11 is 0. The number of hydrogen-bond acceptors (Lipinski definition) is 5. The average molecular weight is 430 g/mol. The van der Waals surface area contributed by atoms with Gasteiger partial charge in [0.05, 0.1) is 18.0 Å². The molecule has 32 heavy (non-hydrogen) atoms. The number of nitrogens with zero attached hydrogens (tertiary/aromatic N) is 2. The van der Waals surface area contributed by atoms with E-state index in [1.54, 1.807) is 49.5 Å². The minimum Gasteiger partial charge on any atom is -0.506 e. The first-order valence-electron chi connectivity index (χ1n) is 9.92. The fourth-order valence-electron chi connectivity index (χ4n) is 3.57. The Kier molecular flexibility index (Phi) is 5.55. The van der Waals surface area contributed by atoms with Crippen LogP contribution >= 0.6 is 0 Å². The topological polar surface area (TPSA) is 81.0 Å². The summed E-state index contributed by atoms with van der Waals surface area (Å²) in [5.41, 5.74) is 0.0347. The Labute approximate surface area is 184 Å². The SMILES string of the molecule is COc1cccc2c1c(O)c(C(=O)N(C)c1cccc(Oc3ccccc3)c1)c(=O)n2C. The van der Waals surface area contributed by atoms with E-state index in [2.05, 4.69) is 0 Å². The number of fused-ring (bicyclic) bond motifs is 1. The smallest absolute Gasteiger partial charge is 0.267 e. The molecular weight excluding hydrogens is 408 g/mol. The fourth-order valence-corrected chi connectivity index (χ4v) is 3.57. The first-order chi connectivity index (χ1) is 15.4. The van der Waals surface area contributed by atoms with E-state index >= 15 is 0 Å². The van der Waals surface area contributed by atoms with Crippen LogP contribution < -0.4 is 19.9 Å². The van der Waals surface area contributed by atoms with Crippen LogP contribution in [0, 0.1) is 0 Å². The molecule has 0 aliphatic rings. The van der Waals surface area contributed by atoms with Crippen LogP contribution in [-0.4, -0.2) is 29.7 Å². The number of amides is 1. The molecule has 7 nitrogen and oxygen atoms in total. The second-order valence-corrected chi connectivity index (χ2v) is 7.22. The summed E-state index contributed by atoms with van der Waals surface area (Å²) in [7, 11) is 4.55. The zero-order valence-electron chi connectivity index (χ0n) is 17.9. The summed E-state index contributed by atoms with van der Waals surface area (Å²) < 4.78 is 12.5. The molecule has 0 aliphatic heterocycles. The average Bonchev–Trinajstić information content (AvgIpc) is 2.82. The maximum Gasteiger partial charge on any atom is 0.267 e. The second kappa shape index (κ2) is 8.47. The van der Waals surface area contributed by atoms with E-state index in [9.17, 15) is 14.7 Å². The molecular formula is C25H22N2O5. The van der Waals surface area contributed by atoms with Crippen LogP contribution in [0.15, 0.2) is 77.6 Å². The zero-order valence-corrected chi connectivity index (χ0v) is 17.9. The number of carbonyl (C=O) groups is 1. The van der Waals surface area contributed by atoms with Crippen molar-refractivity contribution >= 4 is 22.5 Å². The van der Waals surface area contributed by atoms with Gasteiger partial charge in [-0.15, -0.1) is 0 Å². The lowest BCUT2D eigenvalue weighted by molar-refractivity contribution is 0.0988. The molecule has 0 saturated carbocycles. The van der Waals surface area contributed by atoms with Gasteiger partial charge in [-0.05, 0) is 36.4 Å². The molecule has 1 amide bonds. The van der Waals surface area contributed by atoms with Crippen molar-refractivity contribution in [2.24, 2.45) is 7.05 Å². The van der Waals surface area contributed by atoms with Gasteiger partial charge in [-0.1, -0.05) is 30.3 Å². The minimum atomic E-state index is -0.646. The quantitative estimate of drug-likeness (QED) is 0.510. The number of ether oxygens (including phenoxy) is 2. The third-order valence-corrected chi connectivity index (χ3v) is 5.28. The molecule has 0 atom stereocenters. The van der Waals surface area contributed by atoms with E-state index in [0.29, 0.717) is 33.8 Å². The number of benzene rings is 3. The van der Waals surface area contributed by atoms with Crippen LogP contribution in [0.5, 0.6) is 23.0 Å². The Bertz CT molecular complexity index is 1360. The highest BCUT2D eigenvalue weighted by Crippen LogP contribution is 2.35. The van der Waals surface area contributed by atoms with Crippen molar-refractivity contribution in [2.45, 2.75) is 0 Å². The van der Waals surface area contributed by atoms with Gasteiger partial charge in [0.1, 0.15) is 28.6 Å². The number of carbonyl (C=O) groups excluding carboxylic acids is 1. The molecule has 1 aromatic heterocycles. The van der Waals surface area contributed by atoms with Gasteiger partial charge in [-0.2, -0.15) is 0 Å². The molecule has 0 unspecified atom stereocenters. The van der Waals surface area contributed by atoms with Gasteiger partial charge >= 0.3 is 0 Å². The lowest BCUT2D eigenvalue weighted by Gasteiger charge is -2.20. The van der Waals surface area contributed by atoms with Gasteiger partial charge in [0.25, 0.3) is 11.5 Å². The Morgan fingerprint density at radius 3 is 2.38 bits per heavy atom. The summed E-state index contributed by atoms with van der Waals surface area (Å²) in [6.45, 7) is 0. The van der Waals surface area contributed by atoms with Gasteiger partial charge in [-0.25, -0.2) is 0 Å². The number of hydrogen-bond donors (Lipinski definition) is 1. The van der Waals surface area contributed by atoms with Crippen LogP contribution in [0.25, 0.3) is 10.9 Å². The number of aryl methyl sites for hydroxylation is 1. The maximum absolute atomic E-state index is 13.3. The van der Waals surface area contributed by atoms with Gasteiger partial charge in [0.2, 0.25) is 0 Å². The van der Waals surface area contributed by atoms with Gasteiger partial charge in [-0.3, -0.25) is 9.59 Å². The summed E-state index contributed by atoms with van der Waals surface area (Å²) in [5.74, 6) is 0.504. The van der Waals surface area contributed by atoms with E-state index in [0.717, 1.165) is 0 Å². The number of para-hydroxylation sites is 1. The van der Waals surface area contributed by atoms with E-state index < -0.39 is 17.2 Å². The highest BCUT2D eigenvalue weighted by Gasteiger charge is 2.26. The van der Waals surface area contributed by atoms with Crippen molar-refractivity contribution < 1.29 is 19.4 Å². The minimum absolute atomic E-state index is 0.301. The molecule has 0 fully saturated rings. The van der Waals surface area contributed by atoms with Crippen LogP contribution in [0.3, 0.4) is 0 Å². The molecule has 3 aromatic carbocycles. The lowest BCUT2D eigenvalue weighted by Crippen LogP contribution is -2.34. The normalized spacial score (nSPS) is 10.7. The van der Waals surface area contributed by atoms with Crippen LogP contribution in [0.4, 0.5) is 5.69 Å². The number of anilines is 1. The molecule has 1 heterocycles. The maximum atomic E-state index is 13.3. The standard InChI is InChI=1S/C25H22N2O5/c1-26(16-9-7-12-18(15-16)32-17-10-5-4-6-11-17)24(29)22-23(28)21-19(27(2)25(22)30)13-8-14-20(21)31-3/h4-15,28H,1-3H3. The first kappa shape index (κ1) is 21.0. The molecule has 0 aliphatic carbocycles. The number of rotatable bonds is 5. The van der Waals surface area contributed by atoms with Crippen molar-refractivity contribution in [3.05, 3.63) is 88.7 Å². The number of pyridine rings is 1. The third kappa shape index (κ3) is 3.65. The third-order valence-electron chi connectivity index (χ3n) is 5.28. The predicted octanol–water partition coefficient (Wildman–Crippen LogP) is 4.32. The van der Waals surface area contributed by atoms with Crippen molar-refractivity contribution in [3.63, 3.8) is 0 Å². The number of aromatic nitrogens is 1. The molecule has 0 bridgehead atoms. The molecule has 162 valence electrons. The molecule has 0 radical (unpaired) electrons. The molecule has 4 rings (SSSR count). The first-order valence-corrected chi connectivity index (χ1v) is 9.92. The fraction of sp³-hybridized carbons (Fsp3) is 0.120. The second-order valence-electron chi connectivity index (χ2n) is 7.22. The summed E-state index contributed by atoms with van der Waals surface area (Å²) in [4.78, 5) is 27.6. The van der Waals surface area contributed by atoms with Gasteiger partial charge < -0.3 is 24.0 Å². The Morgan fingerprint density at radius 1 is 0.969 bits per heavy atom.